The highest BCUT2D eigenvalue weighted by atomic mass is 79.9. The molecule has 5 heteroatoms. The Hall–Kier alpha value is -1.80. The zero-order valence-corrected chi connectivity index (χ0v) is 10.9. The molecular formula is C12H10BrNO3. The summed E-state index contributed by atoms with van der Waals surface area (Å²) in [5, 5.41) is 8.73. The van der Waals surface area contributed by atoms with E-state index in [0.29, 0.717) is 17.1 Å². The number of allylic oxidation sites excluding steroid dienone is 1. The molecule has 0 N–H and O–H groups in total. The molecule has 1 rings (SSSR count). The van der Waals surface area contributed by atoms with E-state index in [1.54, 1.807) is 31.2 Å². The van der Waals surface area contributed by atoms with Crippen molar-refractivity contribution in [3.8, 4) is 11.8 Å². The largest absolute Gasteiger partial charge is 0.465 e. The highest BCUT2D eigenvalue weighted by Gasteiger charge is 2.11. The average Bonchev–Trinajstić information content (AvgIpc) is 2.37. The van der Waals surface area contributed by atoms with Crippen LogP contribution >= 0.6 is 15.9 Å². The van der Waals surface area contributed by atoms with Gasteiger partial charge in [0.25, 0.3) is 0 Å². The monoisotopic (exact) mass is 295 g/mol. The number of rotatable bonds is 3. The van der Waals surface area contributed by atoms with Gasteiger partial charge in [0.1, 0.15) is 16.0 Å². The zero-order valence-electron chi connectivity index (χ0n) is 9.36. The predicted molar refractivity (Wildman–Crippen MR) is 65.4 cm³/mol. The number of hydrogen-bond acceptors (Lipinski definition) is 4. The minimum atomic E-state index is -0.515. The second-order valence-corrected chi connectivity index (χ2v) is 3.90. The number of halogens is 1. The molecule has 4 nitrogen and oxygen atoms in total. The summed E-state index contributed by atoms with van der Waals surface area (Å²) >= 11 is 3.08. The van der Waals surface area contributed by atoms with E-state index in [4.69, 9.17) is 10.00 Å². The molecule has 0 unspecified atom stereocenters. The van der Waals surface area contributed by atoms with Crippen LogP contribution in [-0.4, -0.2) is 13.1 Å². The molecule has 0 radical (unpaired) electrons. The van der Waals surface area contributed by atoms with Crippen LogP contribution < -0.4 is 4.74 Å². The minimum absolute atomic E-state index is 0.211. The maximum absolute atomic E-state index is 11.2. The third kappa shape index (κ3) is 3.61. The number of esters is 1. The Balaban J connectivity index is 2.91. The first kappa shape index (κ1) is 13.3. The quantitative estimate of drug-likeness (QED) is 0.489. The van der Waals surface area contributed by atoms with Gasteiger partial charge < -0.3 is 9.47 Å². The second-order valence-electron chi connectivity index (χ2n) is 3.10. The number of benzene rings is 1. The first-order chi connectivity index (χ1) is 8.08. The Morgan fingerprint density at radius 1 is 1.47 bits per heavy atom. The molecule has 0 saturated heterocycles. The third-order valence-electron chi connectivity index (χ3n) is 1.91. The summed E-state index contributed by atoms with van der Waals surface area (Å²) in [5.41, 5.74) is 0.490. The number of hydrogen-bond donors (Lipinski definition) is 0. The van der Waals surface area contributed by atoms with Crippen molar-refractivity contribution in [2.24, 2.45) is 0 Å². The first-order valence-corrected chi connectivity index (χ1v) is 5.50. The molecule has 0 aliphatic heterocycles. The van der Waals surface area contributed by atoms with Crippen LogP contribution in [0.2, 0.25) is 0 Å². The van der Waals surface area contributed by atoms with Crippen LogP contribution in [0.3, 0.4) is 0 Å². The van der Waals surface area contributed by atoms with E-state index in [2.05, 4.69) is 20.7 Å². The summed E-state index contributed by atoms with van der Waals surface area (Å²) in [5.74, 6) is 0.341. The summed E-state index contributed by atoms with van der Waals surface area (Å²) in [6, 6.07) is 8.65. The normalized spacial score (nSPS) is 11.2. The van der Waals surface area contributed by atoms with Crippen molar-refractivity contribution in [1.82, 2.24) is 0 Å². The van der Waals surface area contributed by atoms with E-state index in [9.17, 15) is 4.79 Å². The van der Waals surface area contributed by atoms with Crippen molar-refractivity contribution in [1.29, 1.82) is 5.26 Å². The van der Waals surface area contributed by atoms with Gasteiger partial charge in [-0.2, -0.15) is 5.26 Å². The fourth-order valence-corrected chi connectivity index (χ4v) is 1.33. The average molecular weight is 296 g/mol. The van der Waals surface area contributed by atoms with Gasteiger partial charge in [0.05, 0.1) is 18.7 Å². The summed E-state index contributed by atoms with van der Waals surface area (Å²) in [4.78, 5) is 11.2. The van der Waals surface area contributed by atoms with Gasteiger partial charge in [-0.1, -0.05) is 6.07 Å². The fraction of sp³-hybridized carbons (Fsp3) is 0.167. The molecule has 0 atom stereocenters. The zero-order chi connectivity index (χ0) is 12.8. The number of carbonyl (C=O) groups is 1. The molecule has 1 aromatic carbocycles. The van der Waals surface area contributed by atoms with Crippen molar-refractivity contribution >= 4 is 21.9 Å². The van der Waals surface area contributed by atoms with Gasteiger partial charge in [-0.25, -0.2) is 4.79 Å². The Kier molecular flexibility index (Phi) is 4.73. The maximum atomic E-state index is 11.2. The highest BCUT2D eigenvalue weighted by Crippen LogP contribution is 2.20. The molecular weight excluding hydrogens is 286 g/mol. The van der Waals surface area contributed by atoms with Gasteiger partial charge in [-0.3, -0.25) is 0 Å². The van der Waals surface area contributed by atoms with Crippen molar-refractivity contribution in [3.05, 3.63) is 40.1 Å². The SMILES string of the molecule is COC(=O)/C(Br)=C(/C)Oc1cccc(C#N)c1. The van der Waals surface area contributed by atoms with Crippen molar-refractivity contribution in [2.75, 3.05) is 7.11 Å². The van der Waals surface area contributed by atoms with Gasteiger partial charge in [-0.05, 0) is 41.1 Å². The van der Waals surface area contributed by atoms with Crippen LogP contribution in [0.25, 0.3) is 0 Å². The molecule has 88 valence electrons. The lowest BCUT2D eigenvalue weighted by Gasteiger charge is -2.07. The smallest absolute Gasteiger partial charge is 0.348 e. The van der Waals surface area contributed by atoms with Crippen LogP contribution in [0.15, 0.2) is 34.5 Å². The molecule has 17 heavy (non-hydrogen) atoms. The standard InChI is InChI=1S/C12H10BrNO3/c1-8(11(13)12(15)16-2)17-10-5-3-4-9(6-10)7-14/h3-6H,1-2H3/b11-8+. The summed E-state index contributed by atoms with van der Waals surface area (Å²) in [6.45, 7) is 1.63. The molecule has 0 bridgehead atoms. The van der Waals surface area contributed by atoms with E-state index in [1.807, 2.05) is 6.07 Å². The molecule has 0 saturated carbocycles. The van der Waals surface area contributed by atoms with Gasteiger partial charge in [0.15, 0.2) is 0 Å². The lowest BCUT2D eigenvalue weighted by molar-refractivity contribution is -0.135. The topological polar surface area (TPSA) is 59.3 Å². The second kappa shape index (κ2) is 6.06. The molecule has 1 aromatic rings. The van der Waals surface area contributed by atoms with Gasteiger partial charge >= 0.3 is 5.97 Å². The van der Waals surface area contributed by atoms with Crippen LogP contribution in [0.5, 0.6) is 5.75 Å². The number of carbonyl (C=O) groups excluding carboxylic acids is 1. The lowest BCUT2D eigenvalue weighted by Crippen LogP contribution is -2.05. The van der Waals surface area contributed by atoms with Crippen LogP contribution in [-0.2, 0) is 9.53 Å². The van der Waals surface area contributed by atoms with E-state index in [-0.39, 0.29) is 4.48 Å². The van der Waals surface area contributed by atoms with Crippen LogP contribution in [0, 0.1) is 11.3 Å². The van der Waals surface area contributed by atoms with Gasteiger partial charge in [-0.15, -0.1) is 0 Å². The van der Waals surface area contributed by atoms with Gasteiger partial charge in [0.2, 0.25) is 0 Å². The van der Waals surface area contributed by atoms with Gasteiger partial charge in [0, 0.05) is 0 Å². The van der Waals surface area contributed by atoms with E-state index >= 15 is 0 Å². The summed E-state index contributed by atoms with van der Waals surface area (Å²) in [7, 11) is 1.28. The molecule has 0 aromatic heterocycles. The number of nitrogens with zero attached hydrogens (tertiary/aromatic N) is 1. The molecule has 0 amide bonds. The molecule has 0 aliphatic carbocycles. The van der Waals surface area contributed by atoms with E-state index in [0.717, 1.165) is 0 Å². The Morgan fingerprint density at radius 2 is 2.18 bits per heavy atom. The van der Waals surface area contributed by atoms with Crippen LogP contribution in [0.1, 0.15) is 12.5 Å². The fourth-order valence-electron chi connectivity index (χ4n) is 1.08. The molecule has 0 aliphatic rings. The number of methoxy groups -OCH3 is 1. The molecule has 0 fully saturated rings. The van der Waals surface area contributed by atoms with E-state index < -0.39 is 5.97 Å². The van der Waals surface area contributed by atoms with Crippen LogP contribution in [0.4, 0.5) is 0 Å². The first-order valence-electron chi connectivity index (χ1n) is 4.71. The molecule has 0 heterocycles. The third-order valence-corrected chi connectivity index (χ3v) is 2.79. The highest BCUT2D eigenvalue weighted by molar-refractivity contribution is 9.12. The Morgan fingerprint density at radius 3 is 2.76 bits per heavy atom. The molecule has 0 spiro atoms. The summed E-state index contributed by atoms with van der Waals surface area (Å²) in [6.07, 6.45) is 0. The Labute approximate surface area is 108 Å². The number of nitriles is 1. The van der Waals surface area contributed by atoms with Crippen molar-refractivity contribution < 1.29 is 14.3 Å². The van der Waals surface area contributed by atoms with E-state index in [1.165, 1.54) is 7.11 Å². The minimum Gasteiger partial charge on any atom is -0.465 e. The maximum Gasteiger partial charge on any atom is 0.348 e. The van der Waals surface area contributed by atoms with Crippen molar-refractivity contribution in [3.63, 3.8) is 0 Å². The lowest BCUT2D eigenvalue weighted by atomic mass is 10.2. The Bertz CT molecular complexity index is 503. The van der Waals surface area contributed by atoms with Crippen molar-refractivity contribution in [2.45, 2.75) is 6.92 Å². The number of ether oxygens (including phenoxy) is 2. The summed E-state index contributed by atoms with van der Waals surface area (Å²) < 4.78 is 10.2. The predicted octanol–water partition coefficient (Wildman–Crippen LogP) is 2.74.